The van der Waals surface area contributed by atoms with Gasteiger partial charge in [0.2, 0.25) is 0 Å². The zero-order valence-corrected chi connectivity index (χ0v) is 12.1. The third kappa shape index (κ3) is 3.48. The van der Waals surface area contributed by atoms with Crippen molar-refractivity contribution in [2.75, 3.05) is 44.2 Å². The van der Waals surface area contributed by atoms with Crippen LogP contribution in [-0.4, -0.2) is 66.2 Å². The molecule has 1 aromatic rings. The lowest BCUT2D eigenvalue weighted by atomic mass is 10.2. The Morgan fingerprint density at radius 3 is 2.81 bits per heavy atom. The van der Waals surface area contributed by atoms with Gasteiger partial charge in [-0.05, 0) is 12.8 Å². The molecule has 0 aromatic carbocycles. The Labute approximate surface area is 124 Å². The summed E-state index contributed by atoms with van der Waals surface area (Å²) in [5, 5.41) is 0. The second kappa shape index (κ2) is 6.36. The van der Waals surface area contributed by atoms with Gasteiger partial charge in [-0.15, -0.1) is 0 Å². The van der Waals surface area contributed by atoms with Crippen LogP contribution in [0.3, 0.4) is 0 Å². The fourth-order valence-corrected chi connectivity index (χ4v) is 2.86. The van der Waals surface area contributed by atoms with E-state index in [1.807, 2.05) is 0 Å². The van der Waals surface area contributed by atoms with E-state index in [2.05, 4.69) is 19.8 Å². The standard InChI is InChI=1S/C14H21N5O2/c15-14(20)12-8-16-9-13(17-12)19-5-3-18(4-6-19)10-11-2-1-7-21-11/h8-9,11H,1-7,10H2,(H2,15,20). The Morgan fingerprint density at radius 2 is 2.14 bits per heavy atom. The summed E-state index contributed by atoms with van der Waals surface area (Å²) in [7, 11) is 0. The molecule has 1 aromatic heterocycles. The largest absolute Gasteiger partial charge is 0.377 e. The third-order valence-electron chi connectivity index (χ3n) is 4.06. The van der Waals surface area contributed by atoms with Crippen molar-refractivity contribution in [1.29, 1.82) is 0 Å². The Morgan fingerprint density at radius 1 is 1.33 bits per heavy atom. The number of carbonyl (C=O) groups is 1. The van der Waals surface area contributed by atoms with E-state index in [1.54, 1.807) is 6.20 Å². The molecule has 0 aliphatic carbocycles. The van der Waals surface area contributed by atoms with Gasteiger partial charge in [0, 0.05) is 39.3 Å². The van der Waals surface area contributed by atoms with E-state index in [4.69, 9.17) is 10.5 Å². The van der Waals surface area contributed by atoms with E-state index in [9.17, 15) is 4.79 Å². The van der Waals surface area contributed by atoms with Gasteiger partial charge in [-0.2, -0.15) is 0 Å². The van der Waals surface area contributed by atoms with Crippen LogP contribution in [0, 0.1) is 0 Å². The zero-order chi connectivity index (χ0) is 14.7. The maximum absolute atomic E-state index is 11.2. The first-order valence-corrected chi connectivity index (χ1v) is 7.43. The number of hydrogen-bond donors (Lipinski definition) is 1. The number of ether oxygens (including phenoxy) is 1. The van der Waals surface area contributed by atoms with E-state index in [1.165, 1.54) is 19.0 Å². The highest BCUT2D eigenvalue weighted by Crippen LogP contribution is 2.16. The van der Waals surface area contributed by atoms with Crippen LogP contribution in [0.2, 0.25) is 0 Å². The molecular formula is C14H21N5O2. The molecule has 2 aliphatic rings. The summed E-state index contributed by atoms with van der Waals surface area (Å²) in [5.41, 5.74) is 5.46. The van der Waals surface area contributed by atoms with Crippen LogP contribution in [0.5, 0.6) is 0 Å². The van der Waals surface area contributed by atoms with Gasteiger partial charge in [-0.25, -0.2) is 4.98 Å². The molecule has 0 spiro atoms. The average Bonchev–Trinajstić information content (AvgIpc) is 3.01. The van der Waals surface area contributed by atoms with Gasteiger partial charge in [-0.1, -0.05) is 0 Å². The molecule has 7 heteroatoms. The van der Waals surface area contributed by atoms with E-state index in [0.29, 0.717) is 6.10 Å². The van der Waals surface area contributed by atoms with Crippen molar-refractivity contribution in [2.45, 2.75) is 18.9 Å². The highest BCUT2D eigenvalue weighted by molar-refractivity contribution is 5.90. The zero-order valence-electron chi connectivity index (χ0n) is 12.1. The first kappa shape index (κ1) is 14.2. The van der Waals surface area contributed by atoms with Crippen LogP contribution >= 0.6 is 0 Å². The average molecular weight is 291 g/mol. The molecule has 2 N–H and O–H groups in total. The molecule has 1 amide bonds. The minimum absolute atomic E-state index is 0.217. The van der Waals surface area contributed by atoms with Gasteiger partial charge >= 0.3 is 0 Å². The van der Waals surface area contributed by atoms with Crippen LogP contribution in [0.15, 0.2) is 12.4 Å². The van der Waals surface area contributed by atoms with Gasteiger partial charge in [0.25, 0.3) is 5.91 Å². The minimum atomic E-state index is -0.540. The fourth-order valence-electron chi connectivity index (χ4n) is 2.86. The maximum Gasteiger partial charge on any atom is 0.268 e. The number of amides is 1. The Kier molecular flexibility index (Phi) is 4.31. The van der Waals surface area contributed by atoms with Crippen molar-refractivity contribution < 1.29 is 9.53 Å². The molecule has 2 saturated heterocycles. The number of primary amides is 1. The second-order valence-corrected chi connectivity index (χ2v) is 5.55. The molecule has 0 saturated carbocycles. The van der Waals surface area contributed by atoms with Gasteiger partial charge in [0.1, 0.15) is 11.5 Å². The van der Waals surface area contributed by atoms with Crippen molar-refractivity contribution in [1.82, 2.24) is 14.9 Å². The summed E-state index contributed by atoms with van der Waals surface area (Å²) < 4.78 is 5.68. The lowest BCUT2D eigenvalue weighted by Gasteiger charge is -2.36. The lowest BCUT2D eigenvalue weighted by molar-refractivity contribution is 0.0712. The van der Waals surface area contributed by atoms with Crippen LogP contribution < -0.4 is 10.6 Å². The second-order valence-electron chi connectivity index (χ2n) is 5.55. The molecule has 2 aliphatic heterocycles. The normalized spacial score (nSPS) is 23.4. The van der Waals surface area contributed by atoms with Gasteiger partial charge < -0.3 is 15.4 Å². The monoisotopic (exact) mass is 291 g/mol. The molecule has 3 rings (SSSR count). The number of piperazine rings is 1. The van der Waals surface area contributed by atoms with Gasteiger partial charge in [-0.3, -0.25) is 14.7 Å². The van der Waals surface area contributed by atoms with Crippen molar-refractivity contribution in [3.63, 3.8) is 0 Å². The first-order valence-electron chi connectivity index (χ1n) is 7.43. The van der Waals surface area contributed by atoms with Crippen LogP contribution in [0.4, 0.5) is 5.82 Å². The number of aromatic nitrogens is 2. The van der Waals surface area contributed by atoms with Crippen LogP contribution in [0.1, 0.15) is 23.3 Å². The lowest BCUT2D eigenvalue weighted by Crippen LogP contribution is -2.48. The smallest absolute Gasteiger partial charge is 0.268 e. The Balaban J connectivity index is 1.55. The van der Waals surface area contributed by atoms with Gasteiger partial charge in [0.15, 0.2) is 0 Å². The van der Waals surface area contributed by atoms with Crippen molar-refractivity contribution in [2.24, 2.45) is 5.73 Å². The summed E-state index contributed by atoms with van der Waals surface area (Å²) in [5.74, 6) is 0.185. The van der Waals surface area contributed by atoms with E-state index >= 15 is 0 Å². The number of nitrogens with two attached hydrogens (primary N) is 1. The molecule has 1 unspecified atom stereocenters. The number of hydrogen-bond acceptors (Lipinski definition) is 6. The predicted octanol–water partition coefficient (Wildman–Crippen LogP) is -0.123. The van der Waals surface area contributed by atoms with Gasteiger partial charge in [0.05, 0.1) is 18.5 Å². The summed E-state index contributed by atoms with van der Waals surface area (Å²) in [6.07, 6.45) is 5.84. The van der Waals surface area contributed by atoms with Crippen LogP contribution in [-0.2, 0) is 4.74 Å². The molecule has 0 radical (unpaired) electrons. The SMILES string of the molecule is NC(=O)c1cncc(N2CCN(CC3CCCO3)CC2)n1. The number of nitrogens with zero attached hydrogens (tertiary/aromatic N) is 4. The molecular weight excluding hydrogens is 270 g/mol. The highest BCUT2D eigenvalue weighted by Gasteiger charge is 2.23. The van der Waals surface area contributed by atoms with Crippen molar-refractivity contribution >= 4 is 11.7 Å². The molecule has 2 fully saturated rings. The van der Waals surface area contributed by atoms with Crippen LogP contribution in [0.25, 0.3) is 0 Å². The minimum Gasteiger partial charge on any atom is -0.377 e. The molecule has 0 bridgehead atoms. The van der Waals surface area contributed by atoms with Crippen molar-refractivity contribution in [3.05, 3.63) is 18.1 Å². The molecule has 114 valence electrons. The summed E-state index contributed by atoms with van der Waals surface area (Å²) in [6.45, 7) is 5.62. The topological polar surface area (TPSA) is 84.6 Å². The number of carbonyl (C=O) groups excluding carboxylic acids is 1. The quantitative estimate of drug-likeness (QED) is 0.832. The molecule has 21 heavy (non-hydrogen) atoms. The van der Waals surface area contributed by atoms with E-state index in [-0.39, 0.29) is 5.69 Å². The Hall–Kier alpha value is -1.73. The highest BCUT2D eigenvalue weighted by atomic mass is 16.5. The molecule has 3 heterocycles. The summed E-state index contributed by atoms with van der Waals surface area (Å²) in [6, 6.07) is 0. The van der Waals surface area contributed by atoms with E-state index < -0.39 is 5.91 Å². The fraction of sp³-hybridized carbons (Fsp3) is 0.643. The van der Waals surface area contributed by atoms with E-state index in [0.717, 1.165) is 45.1 Å². The van der Waals surface area contributed by atoms with Crippen molar-refractivity contribution in [3.8, 4) is 0 Å². The number of anilines is 1. The summed E-state index contributed by atoms with van der Waals surface area (Å²) in [4.78, 5) is 24.0. The summed E-state index contributed by atoms with van der Waals surface area (Å²) >= 11 is 0. The number of rotatable bonds is 4. The predicted molar refractivity (Wildman–Crippen MR) is 78.2 cm³/mol. The maximum atomic E-state index is 11.2. The Bertz CT molecular complexity index is 496. The molecule has 7 nitrogen and oxygen atoms in total. The third-order valence-corrected chi connectivity index (χ3v) is 4.06. The molecule has 1 atom stereocenters. The first-order chi connectivity index (χ1) is 10.2.